The predicted molar refractivity (Wildman–Crippen MR) is 82.7 cm³/mol. The first-order valence-corrected chi connectivity index (χ1v) is 8.41. The maximum Gasteiger partial charge on any atom is 0.216 e. The van der Waals surface area contributed by atoms with Gasteiger partial charge in [-0.3, -0.25) is 4.79 Å². The van der Waals surface area contributed by atoms with Gasteiger partial charge in [0.15, 0.2) is 0 Å². The van der Waals surface area contributed by atoms with Crippen LogP contribution in [0.2, 0.25) is 0 Å². The van der Waals surface area contributed by atoms with E-state index in [4.69, 9.17) is 0 Å². The molecule has 1 aliphatic heterocycles. The van der Waals surface area contributed by atoms with Crippen molar-refractivity contribution in [1.29, 1.82) is 0 Å². The van der Waals surface area contributed by atoms with E-state index in [0.29, 0.717) is 5.92 Å². The van der Waals surface area contributed by atoms with Crippen LogP contribution in [0.1, 0.15) is 52.4 Å². The lowest BCUT2D eigenvalue weighted by Gasteiger charge is -2.41. The lowest BCUT2D eigenvalue weighted by molar-refractivity contribution is -0.119. The van der Waals surface area contributed by atoms with E-state index >= 15 is 0 Å². The van der Waals surface area contributed by atoms with Gasteiger partial charge in [0, 0.05) is 25.6 Å². The summed E-state index contributed by atoms with van der Waals surface area (Å²) in [6.07, 6.45) is 7.87. The topological polar surface area (TPSA) is 44.4 Å². The summed E-state index contributed by atoms with van der Waals surface area (Å²) in [5.74, 6) is 0.794. The van der Waals surface area contributed by atoms with Crippen molar-refractivity contribution in [2.45, 2.75) is 64.5 Å². The quantitative estimate of drug-likeness (QED) is 0.807. The van der Waals surface area contributed by atoms with Gasteiger partial charge < -0.3 is 15.5 Å². The molecule has 0 bridgehead atoms. The van der Waals surface area contributed by atoms with Crippen molar-refractivity contribution in [3.8, 4) is 0 Å². The minimum Gasteiger partial charge on any atom is -0.356 e. The summed E-state index contributed by atoms with van der Waals surface area (Å²) in [5, 5.41) is 6.55. The summed E-state index contributed by atoms with van der Waals surface area (Å²) in [5.41, 5.74) is 0. The van der Waals surface area contributed by atoms with Gasteiger partial charge in [0.05, 0.1) is 0 Å². The van der Waals surface area contributed by atoms with E-state index in [9.17, 15) is 4.79 Å². The molecule has 1 amide bonds. The zero-order valence-electron chi connectivity index (χ0n) is 13.2. The molecule has 1 saturated heterocycles. The first-order valence-electron chi connectivity index (χ1n) is 8.41. The van der Waals surface area contributed by atoms with Crippen LogP contribution in [0, 0.1) is 5.92 Å². The molecule has 0 aromatic heterocycles. The van der Waals surface area contributed by atoms with Crippen LogP contribution in [-0.4, -0.2) is 49.1 Å². The highest BCUT2D eigenvalue weighted by atomic mass is 16.1. The van der Waals surface area contributed by atoms with E-state index in [1.54, 1.807) is 6.92 Å². The Balaban J connectivity index is 1.65. The van der Waals surface area contributed by atoms with Crippen LogP contribution in [0.4, 0.5) is 0 Å². The second-order valence-electron chi connectivity index (χ2n) is 6.48. The molecule has 0 aromatic carbocycles. The SMILES string of the molecule is CCNC1CCC(N2CCC(CNC(C)=O)CC2)CC1. The molecule has 2 fully saturated rings. The van der Waals surface area contributed by atoms with Gasteiger partial charge in [0.1, 0.15) is 0 Å². The van der Waals surface area contributed by atoms with E-state index in [-0.39, 0.29) is 5.91 Å². The zero-order valence-corrected chi connectivity index (χ0v) is 13.2. The van der Waals surface area contributed by atoms with E-state index in [1.807, 2.05) is 0 Å². The van der Waals surface area contributed by atoms with Crippen molar-refractivity contribution in [3.05, 3.63) is 0 Å². The van der Waals surface area contributed by atoms with Gasteiger partial charge in [-0.05, 0) is 64.1 Å². The van der Waals surface area contributed by atoms with Gasteiger partial charge in [0.25, 0.3) is 0 Å². The molecule has 2 N–H and O–H groups in total. The monoisotopic (exact) mass is 281 g/mol. The Morgan fingerprint density at radius 2 is 1.75 bits per heavy atom. The molecule has 1 saturated carbocycles. The average molecular weight is 281 g/mol. The molecule has 20 heavy (non-hydrogen) atoms. The third-order valence-corrected chi connectivity index (χ3v) is 4.99. The Hall–Kier alpha value is -0.610. The fourth-order valence-electron chi connectivity index (χ4n) is 3.74. The Bertz CT molecular complexity index is 292. The van der Waals surface area contributed by atoms with Crippen molar-refractivity contribution in [3.63, 3.8) is 0 Å². The van der Waals surface area contributed by atoms with Crippen molar-refractivity contribution in [2.75, 3.05) is 26.2 Å². The first kappa shape index (κ1) is 15.8. The number of nitrogens with one attached hydrogen (secondary N) is 2. The van der Waals surface area contributed by atoms with Gasteiger partial charge in [0.2, 0.25) is 5.91 Å². The van der Waals surface area contributed by atoms with Crippen LogP contribution in [0.25, 0.3) is 0 Å². The third kappa shape index (κ3) is 4.74. The highest BCUT2D eigenvalue weighted by Crippen LogP contribution is 2.27. The fraction of sp³-hybridized carbons (Fsp3) is 0.938. The number of carbonyl (C=O) groups is 1. The molecule has 4 nitrogen and oxygen atoms in total. The second-order valence-corrected chi connectivity index (χ2v) is 6.48. The van der Waals surface area contributed by atoms with E-state index in [1.165, 1.54) is 51.6 Å². The molecule has 4 heteroatoms. The normalized spacial score (nSPS) is 29.3. The number of piperidine rings is 1. The van der Waals surface area contributed by atoms with Crippen molar-refractivity contribution < 1.29 is 4.79 Å². The highest BCUT2D eigenvalue weighted by Gasteiger charge is 2.28. The van der Waals surface area contributed by atoms with E-state index in [0.717, 1.165) is 25.2 Å². The summed E-state index contributed by atoms with van der Waals surface area (Å²) in [6, 6.07) is 1.57. The smallest absolute Gasteiger partial charge is 0.216 e. The zero-order chi connectivity index (χ0) is 14.4. The summed E-state index contributed by atoms with van der Waals surface area (Å²) in [6.45, 7) is 8.23. The highest BCUT2D eigenvalue weighted by molar-refractivity contribution is 5.72. The first-order chi connectivity index (χ1) is 9.69. The maximum absolute atomic E-state index is 11.0. The Morgan fingerprint density at radius 1 is 1.10 bits per heavy atom. The fourth-order valence-corrected chi connectivity index (χ4v) is 3.74. The predicted octanol–water partition coefficient (Wildman–Crippen LogP) is 1.76. The van der Waals surface area contributed by atoms with Crippen LogP contribution in [0.5, 0.6) is 0 Å². The minimum absolute atomic E-state index is 0.106. The standard InChI is InChI=1S/C16H31N3O/c1-3-17-15-4-6-16(7-5-15)19-10-8-14(9-11-19)12-18-13(2)20/h14-17H,3-12H2,1-2H3,(H,18,20). The van der Waals surface area contributed by atoms with Gasteiger partial charge >= 0.3 is 0 Å². The largest absolute Gasteiger partial charge is 0.356 e. The van der Waals surface area contributed by atoms with Crippen LogP contribution >= 0.6 is 0 Å². The molecular weight excluding hydrogens is 250 g/mol. The molecule has 0 radical (unpaired) electrons. The van der Waals surface area contributed by atoms with Gasteiger partial charge in [-0.25, -0.2) is 0 Å². The molecule has 116 valence electrons. The summed E-state index contributed by atoms with van der Waals surface area (Å²) < 4.78 is 0. The number of carbonyl (C=O) groups excluding carboxylic acids is 1. The van der Waals surface area contributed by atoms with Crippen LogP contribution in [0.15, 0.2) is 0 Å². The van der Waals surface area contributed by atoms with Gasteiger partial charge in [-0.2, -0.15) is 0 Å². The average Bonchev–Trinajstić information content (AvgIpc) is 2.47. The Labute approximate surface area is 123 Å². The summed E-state index contributed by atoms with van der Waals surface area (Å²) in [7, 11) is 0. The molecule has 1 aliphatic carbocycles. The van der Waals surface area contributed by atoms with Crippen molar-refractivity contribution in [1.82, 2.24) is 15.5 Å². The molecule has 0 spiro atoms. The van der Waals surface area contributed by atoms with Gasteiger partial charge in [-0.15, -0.1) is 0 Å². The number of hydrogen-bond acceptors (Lipinski definition) is 3. The molecule has 0 aromatic rings. The van der Waals surface area contributed by atoms with E-state index in [2.05, 4.69) is 22.5 Å². The molecule has 0 unspecified atom stereocenters. The van der Waals surface area contributed by atoms with Gasteiger partial charge in [-0.1, -0.05) is 6.92 Å². The molecule has 1 heterocycles. The lowest BCUT2D eigenvalue weighted by atomic mass is 9.87. The number of likely N-dealkylation sites (tertiary alicyclic amines) is 1. The Kier molecular flexibility index (Phi) is 6.30. The molecule has 2 aliphatic rings. The number of nitrogens with zero attached hydrogens (tertiary/aromatic N) is 1. The number of hydrogen-bond donors (Lipinski definition) is 2. The number of rotatable bonds is 5. The van der Waals surface area contributed by atoms with Crippen LogP contribution < -0.4 is 10.6 Å². The lowest BCUT2D eigenvalue weighted by Crippen LogP contribution is -2.46. The Morgan fingerprint density at radius 3 is 2.30 bits per heavy atom. The third-order valence-electron chi connectivity index (χ3n) is 4.99. The molecule has 2 rings (SSSR count). The van der Waals surface area contributed by atoms with Crippen LogP contribution in [0.3, 0.4) is 0 Å². The van der Waals surface area contributed by atoms with Crippen molar-refractivity contribution >= 4 is 5.91 Å². The number of amides is 1. The molecule has 0 atom stereocenters. The summed E-state index contributed by atoms with van der Waals surface area (Å²) >= 11 is 0. The molecular formula is C16H31N3O. The van der Waals surface area contributed by atoms with Crippen molar-refractivity contribution in [2.24, 2.45) is 5.92 Å². The summed E-state index contributed by atoms with van der Waals surface area (Å²) in [4.78, 5) is 13.7. The maximum atomic E-state index is 11.0. The second kappa shape index (κ2) is 7.99. The minimum atomic E-state index is 0.106. The van der Waals surface area contributed by atoms with Crippen LogP contribution in [-0.2, 0) is 4.79 Å². The van der Waals surface area contributed by atoms with E-state index < -0.39 is 0 Å².